The molecule has 0 unspecified atom stereocenters. The van der Waals surface area contributed by atoms with Crippen molar-refractivity contribution in [2.45, 2.75) is 38.1 Å². The van der Waals surface area contributed by atoms with E-state index in [0.29, 0.717) is 24.2 Å². The van der Waals surface area contributed by atoms with Crippen molar-refractivity contribution in [2.24, 2.45) is 11.8 Å². The summed E-state index contributed by atoms with van der Waals surface area (Å²) in [5, 5.41) is 13.3. The lowest BCUT2D eigenvalue weighted by molar-refractivity contribution is -0.136. The number of hydrogen-bond acceptors (Lipinski definition) is 4. The van der Waals surface area contributed by atoms with Crippen LogP contribution in [0.5, 0.6) is 0 Å². The number of carbonyl (C=O) groups is 1. The normalized spacial score (nSPS) is 23.8. The number of carbonyl (C=O) groups excluding carboxylic acids is 1. The topological polar surface area (TPSA) is 65.5 Å². The Morgan fingerprint density at radius 3 is 2.71 bits per heavy atom. The predicted octanol–water partition coefficient (Wildman–Crippen LogP) is 2.97. The summed E-state index contributed by atoms with van der Waals surface area (Å²) in [6, 6.07) is 5.63. The summed E-state index contributed by atoms with van der Waals surface area (Å²) in [4.78, 5) is 18.2. The highest BCUT2D eigenvalue weighted by Crippen LogP contribution is 2.39. The van der Waals surface area contributed by atoms with Gasteiger partial charge in [-0.1, -0.05) is 6.92 Å². The number of halogens is 3. The van der Waals surface area contributed by atoms with Crippen LogP contribution in [0.3, 0.4) is 0 Å². The molecule has 0 spiro atoms. The highest BCUT2D eigenvalue weighted by atomic mass is 19.4. The zero-order valence-corrected chi connectivity index (χ0v) is 15.4. The Hall–Kier alpha value is -2.35. The number of nitrogens with zero attached hydrogens (tertiary/aromatic N) is 2. The van der Waals surface area contributed by atoms with Gasteiger partial charge in [-0.05, 0) is 48.9 Å². The summed E-state index contributed by atoms with van der Waals surface area (Å²) in [6.45, 7) is 3.05. The Morgan fingerprint density at radius 2 is 2.04 bits per heavy atom. The number of nitrogens with one attached hydrogen (secondary N) is 1. The van der Waals surface area contributed by atoms with Gasteiger partial charge in [-0.15, -0.1) is 0 Å². The van der Waals surface area contributed by atoms with Crippen molar-refractivity contribution < 1.29 is 23.1 Å². The molecule has 0 bridgehead atoms. The third-order valence-electron chi connectivity index (χ3n) is 5.67. The molecule has 2 N–H and O–H groups in total. The Labute approximate surface area is 160 Å². The van der Waals surface area contributed by atoms with Crippen molar-refractivity contribution in [3.05, 3.63) is 36.0 Å². The van der Waals surface area contributed by atoms with Gasteiger partial charge in [0.05, 0.1) is 17.1 Å². The zero-order valence-electron chi connectivity index (χ0n) is 15.4. The summed E-state index contributed by atoms with van der Waals surface area (Å²) in [5.41, 5.74) is -0.157. The van der Waals surface area contributed by atoms with Gasteiger partial charge in [0.1, 0.15) is 6.10 Å². The van der Waals surface area contributed by atoms with Gasteiger partial charge in [-0.25, -0.2) is 0 Å². The first kappa shape index (κ1) is 19.0. The summed E-state index contributed by atoms with van der Waals surface area (Å²) in [6.07, 6.45) is -2.36. The van der Waals surface area contributed by atoms with E-state index in [1.165, 1.54) is 12.3 Å². The number of pyridine rings is 1. The average molecular weight is 393 g/mol. The van der Waals surface area contributed by atoms with Crippen molar-refractivity contribution in [1.82, 2.24) is 10.3 Å². The molecule has 150 valence electrons. The molecule has 2 heterocycles. The second-order valence-corrected chi connectivity index (χ2v) is 7.81. The van der Waals surface area contributed by atoms with Gasteiger partial charge < -0.3 is 15.3 Å². The highest BCUT2D eigenvalue weighted by molar-refractivity contribution is 5.94. The Balaban J connectivity index is 1.58. The number of fused-ring (bicyclic) bond motifs is 1. The fourth-order valence-electron chi connectivity index (χ4n) is 3.91. The molecule has 3 atom stereocenters. The first-order chi connectivity index (χ1) is 13.3. The van der Waals surface area contributed by atoms with Crippen LogP contribution in [0, 0.1) is 11.8 Å². The minimum atomic E-state index is -4.47. The standard InChI is InChI=1S/C20H22F3N3O2/c1-11-9-26(10-15(11)25-19(28)18(27)12-4-5-12)16-7-6-14(20(21,22)23)17-13(16)3-2-8-24-17/h2-3,6-8,11-12,15,18,27H,4-5,9-10H2,1H3,(H,25,28)/t11-,15+,18+/m1/s1. The van der Waals surface area contributed by atoms with E-state index in [-0.39, 0.29) is 29.3 Å². The number of hydrogen-bond donors (Lipinski definition) is 2. The van der Waals surface area contributed by atoms with Gasteiger partial charge in [0.15, 0.2) is 0 Å². The lowest BCUT2D eigenvalue weighted by atomic mass is 10.1. The van der Waals surface area contributed by atoms with E-state index in [4.69, 9.17) is 0 Å². The Bertz CT molecular complexity index is 898. The van der Waals surface area contributed by atoms with Crippen LogP contribution in [0.25, 0.3) is 10.9 Å². The number of benzene rings is 1. The molecule has 1 aromatic carbocycles. The average Bonchev–Trinajstić information content (AvgIpc) is 3.43. The van der Waals surface area contributed by atoms with Crippen molar-refractivity contribution in [1.29, 1.82) is 0 Å². The molecule has 1 saturated carbocycles. The highest BCUT2D eigenvalue weighted by Gasteiger charge is 2.39. The number of rotatable bonds is 4. The summed E-state index contributed by atoms with van der Waals surface area (Å²) >= 11 is 0. The third kappa shape index (κ3) is 3.53. The number of aromatic nitrogens is 1. The number of aliphatic hydroxyl groups excluding tert-OH is 1. The van der Waals surface area contributed by atoms with Crippen LogP contribution in [0.15, 0.2) is 30.5 Å². The van der Waals surface area contributed by atoms with Crippen LogP contribution in [0.1, 0.15) is 25.3 Å². The molecule has 8 heteroatoms. The number of anilines is 1. The van der Waals surface area contributed by atoms with Crippen LogP contribution in [0.2, 0.25) is 0 Å². The first-order valence-corrected chi connectivity index (χ1v) is 9.44. The molecule has 1 aliphatic carbocycles. The minimum Gasteiger partial charge on any atom is -0.383 e. The van der Waals surface area contributed by atoms with Gasteiger partial charge >= 0.3 is 6.18 Å². The largest absolute Gasteiger partial charge is 0.418 e. The van der Waals surface area contributed by atoms with E-state index < -0.39 is 17.8 Å². The third-order valence-corrected chi connectivity index (χ3v) is 5.67. The fraction of sp³-hybridized carbons (Fsp3) is 0.500. The molecule has 2 aliphatic rings. The molecule has 1 aromatic heterocycles. The lowest BCUT2D eigenvalue weighted by Crippen LogP contribution is -2.45. The second kappa shape index (κ2) is 6.92. The van der Waals surface area contributed by atoms with E-state index in [1.807, 2.05) is 11.8 Å². The molecule has 0 radical (unpaired) electrons. The minimum absolute atomic E-state index is 0.0535. The number of amides is 1. The molecule has 2 aromatic rings. The molecule has 1 amide bonds. The first-order valence-electron chi connectivity index (χ1n) is 9.44. The van der Waals surface area contributed by atoms with Crippen LogP contribution in [-0.2, 0) is 11.0 Å². The quantitative estimate of drug-likeness (QED) is 0.838. The fourth-order valence-corrected chi connectivity index (χ4v) is 3.91. The maximum absolute atomic E-state index is 13.3. The molecular weight excluding hydrogens is 371 g/mol. The van der Waals surface area contributed by atoms with Crippen molar-refractivity contribution in [3.8, 4) is 0 Å². The van der Waals surface area contributed by atoms with Crippen LogP contribution in [-0.4, -0.2) is 41.2 Å². The maximum Gasteiger partial charge on any atom is 0.418 e. The molecule has 1 aliphatic heterocycles. The molecule has 4 rings (SSSR count). The lowest BCUT2D eigenvalue weighted by Gasteiger charge is -2.22. The van der Waals surface area contributed by atoms with E-state index in [2.05, 4.69) is 10.3 Å². The summed E-state index contributed by atoms with van der Waals surface area (Å²) in [7, 11) is 0. The number of alkyl halides is 3. The van der Waals surface area contributed by atoms with Gasteiger partial charge in [-0.2, -0.15) is 13.2 Å². The van der Waals surface area contributed by atoms with Crippen LogP contribution < -0.4 is 10.2 Å². The smallest absolute Gasteiger partial charge is 0.383 e. The van der Waals surface area contributed by atoms with Gasteiger partial charge in [-0.3, -0.25) is 9.78 Å². The number of aliphatic hydroxyl groups is 1. The van der Waals surface area contributed by atoms with E-state index in [9.17, 15) is 23.1 Å². The second-order valence-electron chi connectivity index (χ2n) is 7.81. The van der Waals surface area contributed by atoms with E-state index >= 15 is 0 Å². The maximum atomic E-state index is 13.3. The molecule has 1 saturated heterocycles. The zero-order chi connectivity index (χ0) is 20.1. The summed E-state index contributed by atoms with van der Waals surface area (Å²) in [5.74, 6) is -0.206. The SMILES string of the molecule is C[C@@H]1CN(c2ccc(C(F)(F)F)c3ncccc23)C[C@@H]1NC(=O)[C@@H](O)C1CC1. The van der Waals surface area contributed by atoms with Crippen LogP contribution in [0.4, 0.5) is 18.9 Å². The molecular formula is C20H22F3N3O2. The predicted molar refractivity (Wildman–Crippen MR) is 98.8 cm³/mol. The van der Waals surface area contributed by atoms with E-state index in [0.717, 1.165) is 18.9 Å². The van der Waals surface area contributed by atoms with Crippen molar-refractivity contribution >= 4 is 22.5 Å². The van der Waals surface area contributed by atoms with Gasteiger partial charge in [0.2, 0.25) is 5.91 Å². The van der Waals surface area contributed by atoms with Crippen molar-refractivity contribution in [3.63, 3.8) is 0 Å². The van der Waals surface area contributed by atoms with Crippen LogP contribution >= 0.6 is 0 Å². The van der Waals surface area contributed by atoms with Gasteiger partial charge in [0, 0.05) is 30.4 Å². The Morgan fingerprint density at radius 1 is 1.29 bits per heavy atom. The molecule has 28 heavy (non-hydrogen) atoms. The summed E-state index contributed by atoms with van der Waals surface area (Å²) < 4.78 is 39.9. The Kier molecular flexibility index (Phi) is 4.69. The van der Waals surface area contributed by atoms with Crippen molar-refractivity contribution in [2.75, 3.05) is 18.0 Å². The monoisotopic (exact) mass is 393 g/mol. The molecule has 2 fully saturated rings. The molecule has 5 nitrogen and oxygen atoms in total. The van der Waals surface area contributed by atoms with E-state index in [1.54, 1.807) is 12.1 Å². The van der Waals surface area contributed by atoms with Gasteiger partial charge in [0.25, 0.3) is 0 Å².